The van der Waals surface area contributed by atoms with E-state index in [1.54, 1.807) is 0 Å². The molecule has 4 heteroatoms. The minimum atomic E-state index is -0.378. The molecule has 1 aromatic rings. The molecule has 1 rings (SSSR count). The van der Waals surface area contributed by atoms with Crippen LogP contribution in [0.5, 0.6) is 0 Å². The van der Waals surface area contributed by atoms with Gasteiger partial charge >= 0.3 is 0 Å². The van der Waals surface area contributed by atoms with Crippen LogP contribution >= 0.6 is 11.6 Å². The molecular formula is C14H19ClO3. The normalized spacial score (nSPS) is 11.3. The Hall–Kier alpha value is -1.06. The number of ether oxygens (including phenoxy) is 2. The largest absolute Gasteiger partial charge is 0.465 e. The SMILES string of the molecule is CC(C)(Cl)c1ccccc1CCOCCOC=O. The summed E-state index contributed by atoms with van der Waals surface area (Å²) in [5, 5.41) is 0. The van der Waals surface area contributed by atoms with E-state index in [9.17, 15) is 4.79 Å². The van der Waals surface area contributed by atoms with Crippen molar-refractivity contribution in [3.8, 4) is 0 Å². The molecule has 0 aliphatic carbocycles. The van der Waals surface area contributed by atoms with Crippen LogP contribution in [0.15, 0.2) is 24.3 Å². The predicted octanol–water partition coefficient (Wildman–Crippen LogP) is 2.89. The average Bonchev–Trinajstić information content (AvgIpc) is 2.33. The molecule has 0 heterocycles. The second kappa shape index (κ2) is 7.39. The molecule has 100 valence electrons. The quantitative estimate of drug-likeness (QED) is 0.414. The first kappa shape index (κ1) is 15.0. The minimum Gasteiger partial charge on any atom is -0.465 e. The Morgan fingerprint density at radius 2 is 1.94 bits per heavy atom. The summed E-state index contributed by atoms with van der Waals surface area (Å²) < 4.78 is 9.92. The molecule has 0 aliphatic rings. The highest BCUT2D eigenvalue weighted by atomic mass is 35.5. The van der Waals surface area contributed by atoms with E-state index in [0.29, 0.717) is 26.3 Å². The summed E-state index contributed by atoms with van der Waals surface area (Å²) >= 11 is 6.35. The van der Waals surface area contributed by atoms with E-state index in [2.05, 4.69) is 10.8 Å². The first-order chi connectivity index (χ1) is 8.55. The molecule has 0 saturated carbocycles. The summed E-state index contributed by atoms with van der Waals surface area (Å²) in [5.41, 5.74) is 2.31. The molecule has 0 unspecified atom stereocenters. The zero-order valence-corrected chi connectivity index (χ0v) is 11.6. The third kappa shape index (κ3) is 5.07. The van der Waals surface area contributed by atoms with Crippen molar-refractivity contribution in [2.45, 2.75) is 25.1 Å². The van der Waals surface area contributed by atoms with Crippen molar-refractivity contribution in [2.75, 3.05) is 19.8 Å². The number of rotatable bonds is 8. The lowest BCUT2D eigenvalue weighted by molar-refractivity contribution is -0.130. The third-order valence-corrected chi connectivity index (χ3v) is 2.79. The molecule has 0 fully saturated rings. The molecule has 0 aliphatic heterocycles. The van der Waals surface area contributed by atoms with Crippen LogP contribution in [-0.4, -0.2) is 26.3 Å². The van der Waals surface area contributed by atoms with E-state index in [-0.39, 0.29) is 4.87 Å². The number of carbonyl (C=O) groups is 1. The molecule has 0 amide bonds. The van der Waals surface area contributed by atoms with Gasteiger partial charge in [0.25, 0.3) is 6.47 Å². The number of hydrogen-bond acceptors (Lipinski definition) is 3. The molecule has 0 aromatic heterocycles. The Bertz CT molecular complexity index is 372. The fraction of sp³-hybridized carbons (Fsp3) is 0.500. The van der Waals surface area contributed by atoms with E-state index in [1.165, 1.54) is 5.56 Å². The molecular weight excluding hydrogens is 252 g/mol. The Balaban J connectivity index is 2.45. The summed E-state index contributed by atoms with van der Waals surface area (Å²) in [4.78, 5) is 9.54. The van der Waals surface area contributed by atoms with Gasteiger partial charge in [0.15, 0.2) is 0 Å². The van der Waals surface area contributed by atoms with Gasteiger partial charge in [-0.25, -0.2) is 0 Å². The zero-order chi connectivity index (χ0) is 13.4. The molecule has 0 radical (unpaired) electrons. The number of halogens is 1. The van der Waals surface area contributed by atoms with Crippen molar-refractivity contribution in [1.29, 1.82) is 0 Å². The Kier molecular flexibility index (Phi) is 6.16. The summed E-state index contributed by atoms with van der Waals surface area (Å²) in [6, 6.07) is 8.08. The maximum atomic E-state index is 9.92. The lowest BCUT2D eigenvalue weighted by Gasteiger charge is -2.20. The topological polar surface area (TPSA) is 35.5 Å². The highest BCUT2D eigenvalue weighted by Gasteiger charge is 2.19. The van der Waals surface area contributed by atoms with Crippen LogP contribution in [0.25, 0.3) is 0 Å². The summed E-state index contributed by atoms with van der Waals surface area (Å²) in [6.45, 7) is 5.69. The zero-order valence-electron chi connectivity index (χ0n) is 10.8. The van der Waals surface area contributed by atoms with Crippen molar-refractivity contribution < 1.29 is 14.3 Å². The Labute approximate surface area is 113 Å². The van der Waals surface area contributed by atoms with Gasteiger partial charge in [0.05, 0.1) is 18.1 Å². The third-order valence-electron chi connectivity index (χ3n) is 2.59. The fourth-order valence-electron chi connectivity index (χ4n) is 1.76. The second-order valence-electron chi connectivity index (χ2n) is 4.46. The predicted molar refractivity (Wildman–Crippen MR) is 71.9 cm³/mol. The number of hydrogen-bond donors (Lipinski definition) is 0. The molecule has 18 heavy (non-hydrogen) atoms. The highest BCUT2D eigenvalue weighted by Crippen LogP contribution is 2.30. The molecule has 0 saturated heterocycles. The Morgan fingerprint density at radius 3 is 2.61 bits per heavy atom. The summed E-state index contributed by atoms with van der Waals surface area (Å²) in [7, 11) is 0. The smallest absolute Gasteiger partial charge is 0.293 e. The van der Waals surface area contributed by atoms with Crippen LogP contribution in [-0.2, 0) is 25.6 Å². The van der Waals surface area contributed by atoms with Crippen LogP contribution < -0.4 is 0 Å². The van der Waals surface area contributed by atoms with Crippen molar-refractivity contribution in [2.24, 2.45) is 0 Å². The van der Waals surface area contributed by atoms with Crippen molar-refractivity contribution in [1.82, 2.24) is 0 Å². The van der Waals surface area contributed by atoms with E-state index >= 15 is 0 Å². The first-order valence-corrected chi connectivity index (χ1v) is 6.34. The van der Waals surface area contributed by atoms with E-state index in [0.717, 1.165) is 12.0 Å². The van der Waals surface area contributed by atoms with Gasteiger partial charge in [0.1, 0.15) is 6.61 Å². The molecule has 1 aromatic carbocycles. The van der Waals surface area contributed by atoms with Gasteiger partial charge in [-0.1, -0.05) is 24.3 Å². The van der Waals surface area contributed by atoms with Gasteiger partial charge < -0.3 is 9.47 Å². The standard InChI is InChI=1S/C14H19ClO3/c1-14(2,15)13-6-4-3-5-12(13)7-8-17-9-10-18-11-16/h3-6,11H,7-10H2,1-2H3. The number of alkyl halides is 1. The second-order valence-corrected chi connectivity index (χ2v) is 5.40. The molecule has 0 atom stereocenters. The number of carbonyl (C=O) groups excluding carboxylic acids is 1. The maximum Gasteiger partial charge on any atom is 0.293 e. The van der Waals surface area contributed by atoms with Gasteiger partial charge in [0.2, 0.25) is 0 Å². The van der Waals surface area contributed by atoms with Crippen molar-refractivity contribution in [3.05, 3.63) is 35.4 Å². The van der Waals surface area contributed by atoms with E-state index < -0.39 is 0 Å². The van der Waals surface area contributed by atoms with Crippen LogP contribution in [0.4, 0.5) is 0 Å². The van der Waals surface area contributed by atoms with E-state index in [4.69, 9.17) is 16.3 Å². The van der Waals surface area contributed by atoms with E-state index in [1.807, 2.05) is 32.0 Å². The summed E-state index contributed by atoms with van der Waals surface area (Å²) in [6.07, 6.45) is 0.799. The minimum absolute atomic E-state index is 0.298. The van der Waals surface area contributed by atoms with Crippen LogP contribution in [0.1, 0.15) is 25.0 Å². The van der Waals surface area contributed by atoms with Crippen LogP contribution in [0.3, 0.4) is 0 Å². The lowest BCUT2D eigenvalue weighted by atomic mass is 9.95. The molecule has 0 bridgehead atoms. The van der Waals surface area contributed by atoms with Crippen LogP contribution in [0, 0.1) is 0 Å². The average molecular weight is 271 g/mol. The highest BCUT2D eigenvalue weighted by molar-refractivity contribution is 6.23. The van der Waals surface area contributed by atoms with Crippen molar-refractivity contribution >= 4 is 18.1 Å². The number of benzene rings is 1. The van der Waals surface area contributed by atoms with Crippen LogP contribution in [0.2, 0.25) is 0 Å². The monoisotopic (exact) mass is 270 g/mol. The van der Waals surface area contributed by atoms with Gasteiger partial charge in [-0.05, 0) is 31.4 Å². The Morgan fingerprint density at radius 1 is 1.22 bits per heavy atom. The van der Waals surface area contributed by atoms with Gasteiger partial charge in [0, 0.05) is 0 Å². The molecule has 3 nitrogen and oxygen atoms in total. The summed E-state index contributed by atoms with van der Waals surface area (Å²) in [5.74, 6) is 0. The van der Waals surface area contributed by atoms with Crippen molar-refractivity contribution in [3.63, 3.8) is 0 Å². The maximum absolute atomic E-state index is 9.92. The molecule has 0 spiro atoms. The molecule has 0 N–H and O–H groups in total. The fourth-order valence-corrected chi connectivity index (χ4v) is 1.94. The first-order valence-electron chi connectivity index (χ1n) is 5.96. The lowest BCUT2D eigenvalue weighted by Crippen LogP contribution is -2.13. The van der Waals surface area contributed by atoms with Gasteiger partial charge in [-0.15, -0.1) is 11.6 Å². The van der Waals surface area contributed by atoms with Gasteiger partial charge in [-0.2, -0.15) is 0 Å². The van der Waals surface area contributed by atoms with Gasteiger partial charge in [-0.3, -0.25) is 4.79 Å².